The highest BCUT2D eigenvalue weighted by Crippen LogP contribution is 2.45. The van der Waals surface area contributed by atoms with Gasteiger partial charge in [0.15, 0.2) is 6.20 Å². The quantitative estimate of drug-likeness (QED) is 0.623. The van der Waals surface area contributed by atoms with Gasteiger partial charge in [-0.2, -0.15) is 0 Å². The van der Waals surface area contributed by atoms with E-state index in [0.717, 1.165) is 18.5 Å². The van der Waals surface area contributed by atoms with E-state index in [1.165, 1.54) is 12.3 Å². The van der Waals surface area contributed by atoms with Crippen LogP contribution in [0.15, 0.2) is 18.3 Å². The van der Waals surface area contributed by atoms with Gasteiger partial charge in [-0.3, -0.25) is 0 Å². The molecule has 3 rings (SSSR count). The van der Waals surface area contributed by atoms with Crippen LogP contribution in [0.25, 0.3) is 0 Å². The van der Waals surface area contributed by atoms with Crippen molar-refractivity contribution in [1.29, 1.82) is 0 Å². The molecule has 0 aromatic carbocycles. The zero-order valence-corrected chi connectivity index (χ0v) is 9.24. The maximum absolute atomic E-state index is 10.5. The van der Waals surface area contributed by atoms with Crippen molar-refractivity contribution < 1.29 is 10.0 Å². The van der Waals surface area contributed by atoms with Gasteiger partial charge in [0.05, 0.1) is 5.69 Å². The van der Waals surface area contributed by atoms with Crippen LogP contribution in [0.2, 0.25) is 0 Å². The van der Waals surface area contributed by atoms with E-state index < -0.39 is 10.5 Å². The second kappa shape index (κ2) is 3.40. The van der Waals surface area contributed by atoms with E-state index in [4.69, 9.17) is 0 Å². The SMILES string of the molecule is O=[N+]([O-])c1ccc(N2CC(O)(C3CC3)C2)cn1. The molecule has 1 aromatic rings. The Bertz CT molecular complexity index is 450. The highest BCUT2D eigenvalue weighted by atomic mass is 16.6. The van der Waals surface area contributed by atoms with Gasteiger partial charge in [0.25, 0.3) is 0 Å². The third-order valence-electron chi connectivity index (χ3n) is 3.55. The maximum atomic E-state index is 10.5. The molecule has 1 aromatic heterocycles. The molecule has 0 radical (unpaired) electrons. The highest BCUT2D eigenvalue weighted by molar-refractivity contribution is 5.50. The minimum absolute atomic E-state index is 0.147. The van der Waals surface area contributed by atoms with Crippen LogP contribution in [0, 0.1) is 16.0 Å². The molecule has 1 aliphatic carbocycles. The van der Waals surface area contributed by atoms with Crippen LogP contribution < -0.4 is 4.90 Å². The van der Waals surface area contributed by atoms with E-state index in [-0.39, 0.29) is 5.82 Å². The number of nitrogens with zero attached hydrogens (tertiary/aromatic N) is 3. The minimum Gasteiger partial charge on any atom is -0.386 e. The van der Waals surface area contributed by atoms with Crippen molar-refractivity contribution in [1.82, 2.24) is 4.98 Å². The molecule has 2 fully saturated rings. The van der Waals surface area contributed by atoms with Crippen molar-refractivity contribution in [3.63, 3.8) is 0 Å². The molecule has 0 amide bonds. The Morgan fingerprint density at radius 1 is 1.47 bits per heavy atom. The van der Waals surface area contributed by atoms with Crippen molar-refractivity contribution in [2.45, 2.75) is 18.4 Å². The van der Waals surface area contributed by atoms with E-state index >= 15 is 0 Å². The van der Waals surface area contributed by atoms with Gasteiger partial charge in [0, 0.05) is 19.2 Å². The van der Waals surface area contributed by atoms with Crippen LogP contribution in [0.1, 0.15) is 12.8 Å². The average Bonchev–Trinajstić information content (AvgIpc) is 3.09. The Hall–Kier alpha value is -1.69. The number of pyridine rings is 1. The van der Waals surface area contributed by atoms with Crippen LogP contribution in [0.5, 0.6) is 0 Å². The van der Waals surface area contributed by atoms with Gasteiger partial charge in [-0.15, -0.1) is 0 Å². The fourth-order valence-corrected chi connectivity index (χ4v) is 2.35. The van der Waals surface area contributed by atoms with Gasteiger partial charge in [-0.05, 0) is 34.7 Å². The predicted molar refractivity (Wildman–Crippen MR) is 60.8 cm³/mol. The molecule has 2 aliphatic rings. The standard InChI is InChI=1S/C11H13N3O3/c15-11(8-1-2-8)6-13(7-11)9-3-4-10(12-5-9)14(16)17/h3-5,8,15H,1-2,6-7H2. The Kier molecular flexibility index (Phi) is 2.09. The molecule has 1 saturated heterocycles. The molecule has 2 heterocycles. The summed E-state index contributed by atoms with van der Waals surface area (Å²) in [4.78, 5) is 15.7. The number of anilines is 1. The average molecular weight is 235 g/mol. The normalized spacial score (nSPS) is 22.1. The largest absolute Gasteiger partial charge is 0.386 e. The summed E-state index contributed by atoms with van der Waals surface area (Å²) in [6, 6.07) is 3.07. The first kappa shape index (κ1) is 10.5. The van der Waals surface area contributed by atoms with E-state index in [9.17, 15) is 15.2 Å². The molecular formula is C11H13N3O3. The van der Waals surface area contributed by atoms with Gasteiger partial charge >= 0.3 is 5.82 Å². The highest BCUT2D eigenvalue weighted by Gasteiger charge is 2.52. The molecule has 6 heteroatoms. The topological polar surface area (TPSA) is 79.5 Å². The molecule has 1 N–H and O–H groups in total. The third kappa shape index (κ3) is 1.74. The summed E-state index contributed by atoms with van der Waals surface area (Å²) in [7, 11) is 0. The molecule has 17 heavy (non-hydrogen) atoms. The lowest BCUT2D eigenvalue weighted by atomic mass is 9.88. The van der Waals surface area contributed by atoms with Gasteiger partial charge in [0.1, 0.15) is 5.60 Å². The lowest BCUT2D eigenvalue weighted by Gasteiger charge is -2.47. The summed E-state index contributed by atoms with van der Waals surface area (Å²) in [5.74, 6) is 0.302. The summed E-state index contributed by atoms with van der Waals surface area (Å²) in [5, 5.41) is 20.6. The monoisotopic (exact) mass is 235 g/mol. The molecule has 0 spiro atoms. The first-order valence-corrected chi connectivity index (χ1v) is 5.66. The summed E-state index contributed by atoms with van der Waals surface area (Å²) in [6.07, 6.45) is 3.72. The number of nitro groups is 1. The van der Waals surface area contributed by atoms with Crippen molar-refractivity contribution in [3.8, 4) is 0 Å². The lowest BCUT2D eigenvalue weighted by molar-refractivity contribution is -0.389. The van der Waals surface area contributed by atoms with Crippen LogP contribution in [0.4, 0.5) is 11.5 Å². The Morgan fingerprint density at radius 2 is 2.18 bits per heavy atom. The molecule has 0 atom stereocenters. The number of hydrogen-bond acceptors (Lipinski definition) is 5. The van der Waals surface area contributed by atoms with E-state index in [1.54, 1.807) is 6.07 Å². The molecule has 90 valence electrons. The zero-order valence-electron chi connectivity index (χ0n) is 9.24. The third-order valence-corrected chi connectivity index (χ3v) is 3.55. The second-order valence-electron chi connectivity index (χ2n) is 4.87. The smallest absolute Gasteiger partial charge is 0.363 e. The molecule has 0 bridgehead atoms. The minimum atomic E-state index is -0.540. The Labute approximate surface area is 98.0 Å². The van der Waals surface area contributed by atoms with E-state index in [0.29, 0.717) is 19.0 Å². The van der Waals surface area contributed by atoms with Crippen molar-refractivity contribution in [3.05, 3.63) is 28.4 Å². The van der Waals surface area contributed by atoms with Gasteiger partial charge in [-0.1, -0.05) is 0 Å². The predicted octanol–water partition coefficient (Wildman–Crippen LogP) is 0.951. The molecule has 1 aliphatic heterocycles. The van der Waals surface area contributed by atoms with Crippen LogP contribution in [-0.2, 0) is 0 Å². The van der Waals surface area contributed by atoms with Crippen LogP contribution in [-0.4, -0.2) is 33.7 Å². The van der Waals surface area contributed by atoms with E-state index in [2.05, 4.69) is 4.98 Å². The van der Waals surface area contributed by atoms with Crippen molar-refractivity contribution in [2.24, 2.45) is 5.92 Å². The number of aliphatic hydroxyl groups is 1. The first-order valence-electron chi connectivity index (χ1n) is 5.66. The fourth-order valence-electron chi connectivity index (χ4n) is 2.35. The van der Waals surface area contributed by atoms with Crippen molar-refractivity contribution >= 4 is 11.5 Å². The summed E-state index contributed by atoms with van der Waals surface area (Å²) < 4.78 is 0. The lowest BCUT2D eigenvalue weighted by Crippen LogP contribution is -2.63. The second-order valence-corrected chi connectivity index (χ2v) is 4.87. The van der Waals surface area contributed by atoms with E-state index in [1.807, 2.05) is 4.90 Å². The van der Waals surface area contributed by atoms with Gasteiger partial charge in [0.2, 0.25) is 0 Å². The number of hydrogen-bond donors (Lipinski definition) is 1. The molecule has 0 unspecified atom stereocenters. The fraction of sp³-hybridized carbons (Fsp3) is 0.545. The summed E-state index contributed by atoms with van der Waals surface area (Å²) >= 11 is 0. The maximum Gasteiger partial charge on any atom is 0.363 e. The molecular weight excluding hydrogens is 222 g/mol. The number of β-amino-alcohol motifs (C(OH)–C–C–N with tert-alkyl or cyclic N) is 1. The van der Waals surface area contributed by atoms with Crippen molar-refractivity contribution in [2.75, 3.05) is 18.0 Å². The molecule has 6 nitrogen and oxygen atoms in total. The van der Waals surface area contributed by atoms with Gasteiger partial charge < -0.3 is 20.1 Å². The van der Waals surface area contributed by atoms with Gasteiger partial charge in [-0.25, -0.2) is 0 Å². The number of aromatic nitrogens is 1. The van der Waals surface area contributed by atoms with Crippen LogP contribution >= 0.6 is 0 Å². The zero-order chi connectivity index (χ0) is 12.0. The number of rotatable bonds is 3. The Morgan fingerprint density at radius 3 is 2.65 bits per heavy atom. The molecule has 1 saturated carbocycles. The summed E-state index contributed by atoms with van der Waals surface area (Å²) in [6.45, 7) is 1.22. The summed E-state index contributed by atoms with van der Waals surface area (Å²) in [5.41, 5.74) is 0.294. The van der Waals surface area contributed by atoms with Crippen LogP contribution in [0.3, 0.4) is 0 Å². The first-order chi connectivity index (χ1) is 8.08. The Balaban J connectivity index is 1.68.